The SMILES string of the molecule is C=CCCCCOC(=O)Nc1ccc2[nH]cc(C3CCN4CCCC4C3)c2c1. The van der Waals surface area contributed by atoms with E-state index in [-0.39, 0.29) is 6.09 Å². The highest BCUT2D eigenvalue weighted by molar-refractivity contribution is 5.91. The van der Waals surface area contributed by atoms with Crippen molar-refractivity contribution in [3.05, 3.63) is 42.6 Å². The highest BCUT2D eigenvalue weighted by atomic mass is 16.5. The molecule has 0 radical (unpaired) electrons. The van der Waals surface area contributed by atoms with E-state index in [1.54, 1.807) is 0 Å². The zero-order valence-electron chi connectivity index (χ0n) is 16.6. The van der Waals surface area contributed by atoms with Gasteiger partial charge in [0.2, 0.25) is 0 Å². The first kappa shape index (κ1) is 19.1. The van der Waals surface area contributed by atoms with E-state index in [9.17, 15) is 4.79 Å². The molecule has 2 aliphatic rings. The van der Waals surface area contributed by atoms with E-state index in [1.807, 2.05) is 18.2 Å². The molecule has 4 rings (SSSR count). The van der Waals surface area contributed by atoms with E-state index in [0.717, 1.165) is 36.5 Å². The number of carbonyl (C=O) groups is 1. The van der Waals surface area contributed by atoms with Crippen molar-refractivity contribution >= 4 is 22.7 Å². The first-order valence-corrected chi connectivity index (χ1v) is 10.6. The van der Waals surface area contributed by atoms with Gasteiger partial charge >= 0.3 is 6.09 Å². The summed E-state index contributed by atoms with van der Waals surface area (Å²) in [6.07, 6.45) is 11.6. The molecule has 5 heteroatoms. The zero-order valence-corrected chi connectivity index (χ0v) is 16.6. The van der Waals surface area contributed by atoms with Gasteiger partial charge in [-0.3, -0.25) is 5.32 Å². The molecule has 0 spiro atoms. The van der Waals surface area contributed by atoms with Gasteiger partial charge in [0.1, 0.15) is 0 Å². The second-order valence-corrected chi connectivity index (χ2v) is 8.10. The van der Waals surface area contributed by atoms with Gasteiger partial charge in [-0.2, -0.15) is 0 Å². The minimum Gasteiger partial charge on any atom is -0.449 e. The molecule has 2 saturated heterocycles. The minimum atomic E-state index is -0.380. The van der Waals surface area contributed by atoms with Crippen LogP contribution in [-0.2, 0) is 4.74 Å². The Balaban J connectivity index is 1.40. The van der Waals surface area contributed by atoms with Crippen LogP contribution in [0.3, 0.4) is 0 Å². The number of benzene rings is 1. The van der Waals surface area contributed by atoms with Crippen LogP contribution in [-0.4, -0.2) is 41.7 Å². The van der Waals surface area contributed by atoms with Crippen molar-refractivity contribution in [2.45, 2.75) is 56.9 Å². The summed E-state index contributed by atoms with van der Waals surface area (Å²) in [6.45, 7) is 6.62. The number of piperidine rings is 1. The summed E-state index contributed by atoms with van der Waals surface area (Å²) in [5.41, 5.74) is 3.32. The zero-order chi connectivity index (χ0) is 19.3. The average molecular weight is 382 g/mol. The lowest BCUT2D eigenvalue weighted by Gasteiger charge is -2.34. The van der Waals surface area contributed by atoms with E-state index in [4.69, 9.17) is 4.74 Å². The van der Waals surface area contributed by atoms with Crippen molar-refractivity contribution in [3.63, 3.8) is 0 Å². The number of nitrogens with zero attached hydrogens (tertiary/aromatic N) is 1. The summed E-state index contributed by atoms with van der Waals surface area (Å²) in [5, 5.41) is 4.10. The van der Waals surface area contributed by atoms with Crippen molar-refractivity contribution in [1.29, 1.82) is 0 Å². The van der Waals surface area contributed by atoms with Gasteiger partial charge in [-0.25, -0.2) is 4.79 Å². The number of aromatic amines is 1. The fourth-order valence-electron chi connectivity index (χ4n) is 4.77. The fourth-order valence-corrected chi connectivity index (χ4v) is 4.77. The molecule has 1 aromatic carbocycles. The number of ether oxygens (including phenoxy) is 1. The van der Waals surface area contributed by atoms with Crippen LogP contribution in [0, 0.1) is 0 Å². The number of rotatable bonds is 7. The third-order valence-electron chi connectivity index (χ3n) is 6.26. The third kappa shape index (κ3) is 4.25. The maximum absolute atomic E-state index is 12.1. The van der Waals surface area contributed by atoms with Gasteiger partial charge in [-0.15, -0.1) is 6.58 Å². The summed E-state index contributed by atoms with van der Waals surface area (Å²) in [6, 6.07) is 6.81. The third-order valence-corrected chi connectivity index (χ3v) is 6.26. The van der Waals surface area contributed by atoms with Crippen LogP contribution in [0.25, 0.3) is 10.9 Å². The van der Waals surface area contributed by atoms with Crippen molar-refractivity contribution in [1.82, 2.24) is 9.88 Å². The number of anilines is 1. The Morgan fingerprint density at radius 3 is 3.14 bits per heavy atom. The molecule has 2 aromatic rings. The molecule has 0 aliphatic carbocycles. The van der Waals surface area contributed by atoms with E-state index in [1.165, 1.54) is 49.7 Å². The molecule has 2 N–H and O–H groups in total. The molecule has 2 atom stereocenters. The summed E-state index contributed by atoms with van der Waals surface area (Å²) in [4.78, 5) is 18.1. The van der Waals surface area contributed by atoms with Gasteiger partial charge in [-0.05, 0) is 87.7 Å². The molecule has 5 nitrogen and oxygen atoms in total. The number of allylic oxidation sites excluding steroid dienone is 1. The van der Waals surface area contributed by atoms with E-state index in [0.29, 0.717) is 12.5 Å². The van der Waals surface area contributed by atoms with Crippen molar-refractivity contribution in [2.75, 3.05) is 25.0 Å². The normalized spacial score (nSPS) is 22.1. The second-order valence-electron chi connectivity index (χ2n) is 8.10. The van der Waals surface area contributed by atoms with Gasteiger partial charge in [0.25, 0.3) is 0 Å². The van der Waals surface area contributed by atoms with Crippen LogP contribution in [0.2, 0.25) is 0 Å². The molecular formula is C23H31N3O2. The number of amides is 1. The van der Waals surface area contributed by atoms with Crippen molar-refractivity contribution in [3.8, 4) is 0 Å². The maximum Gasteiger partial charge on any atom is 0.411 e. The van der Waals surface area contributed by atoms with Crippen LogP contribution in [0.4, 0.5) is 10.5 Å². The van der Waals surface area contributed by atoms with E-state index < -0.39 is 0 Å². The Bertz CT molecular complexity index is 828. The molecule has 0 bridgehead atoms. The summed E-state index contributed by atoms with van der Waals surface area (Å²) < 4.78 is 5.28. The summed E-state index contributed by atoms with van der Waals surface area (Å²) >= 11 is 0. The second kappa shape index (κ2) is 8.82. The summed E-state index contributed by atoms with van der Waals surface area (Å²) in [5.74, 6) is 0.597. The Morgan fingerprint density at radius 1 is 1.32 bits per heavy atom. The van der Waals surface area contributed by atoms with Gasteiger partial charge < -0.3 is 14.6 Å². The van der Waals surface area contributed by atoms with Crippen molar-refractivity contribution in [2.24, 2.45) is 0 Å². The van der Waals surface area contributed by atoms with Crippen LogP contribution < -0.4 is 5.32 Å². The quantitative estimate of drug-likeness (QED) is 0.498. The molecule has 150 valence electrons. The average Bonchev–Trinajstić information content (AvgIpc) is 3.33. The highest BCUT2D eigenvalue weighted by Crippen LogP contribution is 2.39. The molecule has 2 aliphatic heterocycles. The topological polar surface area (TPSA) is 57.4 Å². The number of H-pyrrole nitrogens is 1. The van der Waals surface area contributed by atoms with Crippen LogP contribution >= 0.6 is 0 Å². The predicted octanol–water partition coefficient (Wildman–Crippen LogP) is 5.41. The molecular weight excluding hydrogens is 350 g/mol. The number of hydrogen-bond donors (Lipinski definition) is 2. The number of nitrogens with one attached hydrogen (secondary N) is 2. The van der Waals surface area contributed by atoms with Gasteiger partial charge in [-0.1, -0.05) is 6.08 Å². The first-order chi connectivity index (χ1) is 13.7. The lowest BCUT2D eigenvalue weighted by Crippen LogP contribution is -2.37. The predicted molar refractivity (Wildman–Crippen MR) is 114 cm³/mol. The largest absolute Gasteiger partial charge is 0.449 e. The Labute approximate surface area is 167 Å². The van der Waals surface area contributed by atoms with Crippen molar-refractivity contribution < 1.29 is 9.53 Å². The van der Waals surface area contributed by atoms with Crippen LogP contribution in [0.15, 0.2) is 37.1 Å². The lowest BCUT2D eigenvalue weighted by molar-refractivity contribution is 0.159. The molecule has 2 unspecified atom stereocenters. The molecule has 0 saturated carbocycles. The van der Waals surface area contributed by atoms with Crippen LogP contribution in [0.1, 0.15) is 56.4 Å². The number of unbranched alkanes of at least 4 members (excludes halogenated alkanes) is 2. The fraction of sp³-hybridized carbons (Fsp3) is 0.522. The first-order valence-electron chi connectivity index (χ1n) is 10.6. The molecule has 28 heavy (non-hydrogen) atoms. The van der Waals surface area contributed by atoms with E-state index >= 15 is 0 Å². The number of aromatic nitrogens is 1. The van der Waals surface area contributed by atoms with Crippen LogP contribution in [0.5, 0.6) is 0 Å². The summed E-state index contributed by atoms with van der Waals surface area (Å²) in [7, 11) is 0. The lowest BCUT2D eigenvalue weighted by atomic mass is 9.85. The van der Waals surface area contributed by atoms with Gasteiger partial charge in [0.05, 0.1) is 6.61 Å². The number of hydrogen-bond acceptors (Lipinski definition) is 3. The van der Waals surface area contributed by atoms with E-state index in [2.05, 4.69) is 34.0 Å². The Morgan fingerprint density at radius 2 is 2.25 bits per heavy atom. The molecule has 3 heterocycles. The van der Waals surface area contributed by atoms with Gasteiger partial charge in [0, 0.05) is 28.8 Å². The monoisotopic (exact) mass is 381 g/mol. The highest BCUT2D eigenvalue weighted by Gasteiger charge is 2.33. The van der Waals surface area contributed by atoms with Gasteiger partial charge in [0.15, 0.2) is 0 Å². The molecule has 2 fully saturated rings. The number of fused-ring (bicyclic) bond motifs is 2. The maximum atomic E-state index is 12.1. The minimum absolute atomic E-state index is 0.380. The number of carbonyl (C=O) groups excluding carboxylic acids is 1. The standard InChI is InChI=1S/C23H31N3O2/c1-2-3-4-5-13-28-23(27)25-18-8-9-22-20(15-18)21(16-24-22)17-10-12-26-11-6-7-19(26)14-17/h2,8-9,15-17,19,24H,1,3-7,10-14H2,(H,25,27). The smallest absolute Gasteiger partial charge is 0.411 e. The molecule has 1 amide bonds. The Kier molecular flexibility index (Phi) is 6.01. The molecule has 1 aromatic heterocycles. The Hall–Kier alpha value is -2.27.